The van der Waals surface area contributed by atoms with E-state index in [0.717, 1.165) is 17.9 Å². The highest BCUT2D eigenvalue weighted by molar-refractivity contribution is 6.29. The molecule has 22 heavy (non-hydrogen) atoms. The number of aromatic nitrogens is 1. The zero-order valence-corrected chi connectivity index (χ0v) is 13.5. The van der Waals surface area contributed by atoms with E-state index in [4.69, 9.17) is 27.6 Å². The lowest BCUT2D eigenvalue weighted by molar-refractivity contribution is 0.0646. The lowest BCUT2D eigenvalue weighted by atomic mass is 9.84. The average molecular weight is 322 g/mol. The highest BCUT2D eigenvalue weighted by Gasteiger charge is 2.41. The van der Waals surface area contributed by atoms with Crippen LogP contribution in [0.1, 0.15) is 25.3 Å². The van der Waals surface area contributed by atoms with Crippen molar-refractivity contribution in [1.82, 2.24) is 4.98 Å². The summed E-state index contributed by atoms with van der Waals surface area (Å²) in [6.07, 6.45) is 1.41. The number of hydrogen-bond acceptors (Lipinski definition) is 4. The van der Waals surface area contributed by atoms with Crippen molar-refractivity contribution in [2.24, 2.45) is 0 Å². The van der Waals surface area contributed by atoms with Gasteiger partial charge in [0, 0.05) is 12.1 Å². The van der Waals surface area contributed by atoms with Gasteiger partial charge in [0.05, 0.1) is 45.3 Å². The van der Waals surface area contributed by atoms with Crippen molar-refractivity contribution in [3.8, 4) is 0 Å². The van der Waals surface area contributed by atoms with Crippen LogP contribution >= 0.6 is 11.6 Å². The van der Waals surface area contributed by atoms with Crippen molar-refractivity contribution in [1.29, 1.82) is 0 Å². The fraction of sp³-hybridized carbons (Fsp3) is 0.625. The number of ether oxygens (including phenoxy) is 2. The Hall–Kier alpha value is -1.35. The van der Waals surface area contributed by atoms with Gasteiger partial charge in [-0.25, -0.2) is 11.6 Å². The molecule has 1 aromatic heterocycles. The molecule has 0 aromatic carbocycles. The fourth-order valence-electron chi connectivity index (χ4n) is 3.14. The first-order chi connectivity index (χ1) is 10.6. The molecule has 2 fully saturated rings. The standard InChI is InChI=1S/C16H20ClN3O2/c1-12-11-22-8-5-20(12)15-10-13(9-14(17)19-15)16(18-2)3-6-21-7-4-16/h9-10,12H,3-8,11H2,1H3/t12-/m1/s1. The van der Waals surface area contributed by atoms with Crippen LogP contribution in [0.4, 0.5) is 5.82 Å². The quantitative estimate of drug-likeness (QED) is 0.620. The Balaban J connectivity index is 1.97. The van der Waals surface area contributed by atoms with E-state index in [-0.39, 0.29) is 6.04 Å². The van der Waals surface area contributed by atoms with Gasteiger partial charge in [0.15, 0.2) is 0 Å². The van der Waals surface area contributed by atoms with Gasteiger partial charge < -0.3 is 19.2 Å². The van der Waals surface area contributed by atoms with Gasteiger partial charge in [0.1, 0.15) is 11.0 Å². The van der Waals surface area contributed by atoms with Crippen LogP contribution in [0.25, 0.3) is 4.85 Å². The second-order valence-electron chi connectivity index (χ2n) is 5.91. The predicted octanol–water partition coefficient (Wildman–Crippen LogP) is 2.89. The minimum absolute atomic E-state index is 0.256. The molecule has 1 aromatic rings. The highest BCUT2D eigenvalue weighted by Crippen LogP contribution is 2.38. The van der Waals surface area contributed by atoms with Gasteiger partial charge in [-0.05, 0) is 19.1 Å². The largest absolute Gasteiger partial charge is 0.381 e. The molecule has 0 N–H and O–H groups in total. The minimum Gasteiger partial charge on any atom is -0.381 e. The van der Waals surface area contributed by atoms with Crippen LogP contribution < -0.4 is 4.90 Å². The van der Waals surface area contributed by atoms with E-state index in [9.17, 15) is 0 Å². The molecule has 0 spiro atoms. The summed E-state index contributed by atoms with van der Waals surface area (Å²) < 4.78 is 10.9. The van der Waals surface area contributed by atoms with Gasteiger partial charge in [0.25, 0.3) is 5.54 Å². The Labute approximate surface area is 136 Å². The maximum atomic E-state index is 7.68. The molecule has 0 unspecified atom stereocenters. The minimum atomic E-state index is -0.533. The first-order valence-electron chi connectivity index (χ1n) is 7.63. The van der Waals surface area contributed by atoms with Gasteiger partial charge in [-0.1, -0.05) is 11.6 Å². The third kappa shape index (κ3) is 2.91. The summed E-state index contributed by atoms with van der Waals surface area (Å²) in [6, 6.07) is 4.11. The van der Waals surface area contributed by atoms with Crippen LogP contribution in [0.3, 0.4) is 0 Å². The SMILES string of the molecule is [C-]#[N+]C1(c2cc(Cl)nc(N3CCOC[C@H]3C)c2)CCOCC1. The van der Waals surface area contributed by atoms with Crippen molar-refractivity contribution >= 4 is 17.4 Å². The number of morpholine rings is 1. The van der Waals surface area contributed by atoms with E-state index >= 15 is 0 Å². The molecule has 0 saturated carbocycles. The molecule has 2 aliphatic rings. The van der Waals surface area contributed by atoms with Gasteiger partial charge in [0.2, 0.25) is 0 Å². The lowest BCUT2D eigenvalue weighted by Crippen LogP contribution is -2.44. The predicted molar refractivity (Wildman–Crippen MR) is 85.2 cm³/mol. The Kier molecular flexibility index (Phi) is 4.53. The molecule has 6 heteroatoms. The number of nitrogens with zero attached hydrogens (tertiary/aromatic N) is 3. The first-order valence-corrected chi connectivity index (χ1v) is 8.01. The molecule has 1 atom stereocenters. The third-order valence-electron chi connectivity index (χ3n) is 4.51. The van der Waals surface area contributed by atoms with E-state index in [1.165, 1.54) is 0 Å². The Morgan fingerprint density at radius 1 is 1.32 bits per heavy atom. The molecule has 118 valence electrons. The van der Waals surface area contributed by atoms with Crippen molar-refractivity contribution in [3.05, 3.63) is 34.3 Å². The van der Waals surface area contributed by atoms with Crippen molar-refractivity contribution < 1.29 is 9.47 Å². The fourth-order valence-corrected chi connectivity index (χ4v) is 3.34. The monoisotopic (exact) mass is 321 g/mol. The smallest absolute Gasteiger partial charge is 0.262 e. The van der Waals surface area contributed by atoms with E-state index in [2.05, 4.69) is 21.7 Å². The zero-order chi connectivity index (χ0) is 15.6. The lowest BCUT2D eigenvalue weighted by Gasteiger charge is -2.35. The van der Waals surface area contributed by atoms with Crippen LogP contribution in [0, 0.1) is 6.57 Å². The van der Waals surface area contributed by atoms with E-state index in [0.29, 0.717) is 44.4 Å². The molecule has 0 amide bonds. The summed E-state index contributed by atoms with van der Waals surface area (Å²) in [5.74, 6) is 0.841. The van der Waals surface area contributed by atoms with Crippen molar-refractivity contribution in [2.45, 2.75) is 31.3 Å². The normalized spacial score (nSPS) is 24.8. The maximum absolute atomic E-state index is 7.68. The van der Waals surface area contributed by atoms with E-state index < -0.39 is 5.54 Å². The molecule has 2 aliphatic heterocycles. The average Bonchev–Trinajstić information content (AvgIpc) is 2.55. The molecular formula is C16H20ClN3O2. The van der Waals surface area contributed by atoms with Crippen LogP contribution in [0.5, 0.6) is 0 Å². The van der Waals surface area contributed by atoms with Gasteiger partial charge in [-0.15, -0.1) is 0 Å². The molecule has 2 saturated heterocycles. The summed E-state index contributed by atoms with van der Waals surface area (Å²) >= 11 is 6.25. The number of hydrogen-bond donors (Lipinski definition) is 0. The summed E-state index contributed by atoms with van der Waals surface area (Å²) in [5.41, 5.74) is 0.425. The number of halogens is 1. The number of rotatable bonds is 2. The summed E-state index contributed by atoms with van der Waals surface area (Å²) in [5, 5.41) is 0.445. The van der Waals surface area contributed by atoms with Crippen molar-refractivity contribution in [2.75, 3.05) is 37.9 Å². The second kappa shape index (κ2) is 6.41. The Bertz CT molecular complexity index is 581. The van der Waals surface area contributed by atoms with Crippen LogP contribution in [-0.2, 0) is 15.0 Å². The van der Waals surface area contributed by atoms with E-state index in [1.807, 2.05) is 12.1 Å². The molecule has 0 radical (unpaired) electrons. The summed E-state index contributed by atoms with van der Waals surface area (Å²) in [4.78, 5) is 10.6. The van der Waals surface area contributed by atoms with Gasteiger partial charge in [-0.3, -0.25) is 0 Å². The van der Waals surface area contributed by atoms with Crippen molar-refractivity contribution in [3.63, 3.8) is 0 Å². The number of pyridine rings is 1. The Morgan fingerprint density at radius 2 is 2.09 bits per heavy atom. The van der Waals surface area contributed by atoms with Crippen LogP contribution in [-0.4, -0.2) is 44.0 Å². The van der Waals surface area contributed by atoms with Crippen LogP contribution in [0.15, 0.2) is 12.1 Å². The summed E-state index contributed by atoms with van der Waals surface area (Å²) in [6.45, 7) is 13.2. The molecule has 3 heterocycles. The van der Waals surface area contributed by atoms with Crippen LogP contribution in [0.2, 0.25) is 5.15 Å². The first kappa shape index (κ1) is 15.5. The zero-order valence-electron chi connectivity index (χ0n) is 12.7. The molecule has 0 bridgehead atoms. The third-order valence-corrected chi connectivity index (χ3v) is 4.71. The van der Waals surface area contributed by atoms with E-state index in [1.54, 1.807) is 0 Å². The summed E-state index contributed by atoms with van der Waals surface area (Å²) in [7, 11) is 0. The Morgan fingerprint density at radius 3 is 2.77 bits per heavy atom. The topological polar surface area (TPSA) is 39.0 Å². The van der Waals surface area contributed by atoms with Gasteiger partial charge in [-0.2, -0.15) is 0 Å². The molecule has 5 nitrogen and oxygen atoms in total. The highest BCUT2D eigenvalue weighted by atomic mass is 35.5. The maximum Gasteiger partial charge on any atom is 0.262 e. The van der Waals surface area contributed by atoms with Gasteiger partial charge >= 0.3 is 0 Å². The second-order valence-corrected chi connectivity index (χ2v) is 6.30. The molecular weight excluding hydrogens is 302 g/mol. The molecule has 3 rings (SSSR count). The number of anilines is 1. The molecule has 0 aliphatic carbocycles.